The van der Waals surface area contributed by atoms with Crippen molar-refractivity contribution in [3.8, 4) is 0 Å². The molecule has 2 aromatic rings. The van der Waals surface area contributed by atoms with E-state index in [9.17, 15) is 13.9 Å². The lowest BCUT2D eigenvalue weighted by Crippen LogP contribution is -2.39. The molecule has 1 aliphatic rings. The largest absolute Gasteiger partial charge is 0.388 e. The van der Waals surface area contributed by atoms with E-state index in [0.717, 1.165) is 32.5 Å². The molecule has 0 aromatic carbocycles. The summed E-state index contributed by atoms with van der Waals surface area (Å²) < 4.78 is 28.7. The molecule has 1 aliphatic carbocycles. The molecule has 0 aliphatic heterocycles. The highest BCUT2D eigenvalue weighted by Gasteiger charge is 2.32. The molecule has 6 nitrogen and oxygen atoms in total. The first-order valence-electron chi connectivity index (χ1n) is 10.1. The molecule has 3 rings (SSSR count). The van der Waals surface area contributed by atoms with Gasteiger partial charge in [0.25, 0.3) is 5.92 Å². The van der Waals surface area contributed by atoms with Crippen LogP contribution < -0.4 is 5.32 Å². The molecule has 1 fully saturated rings. The predicted octanol–water partition coefficient (Wildman–Crippen LogP) is 4.45. The van der Waals surface area contributed by atoms with Gasteiger partial charge in [-0.05, 0) is 44.0 Å². The van der Waals surface area contributed by atoms with E-state index in [2.05, 4.69) is 20.3 Å². The molecule has 3 N–H and O–H groups in total. The van der Waals surface area contributed by atoms with Gasteiger partial charge in [-0.3, -0.25) is 10.4 Å². The van der Waals surface area contributed by atoms with Gasteiger partial charge in [0.1, 0.15) is 23.6 Å². The Kier molecular flexibility index (Phi) is 6.55. The molecule has 1 saturated carbocycles. The van der Waals surface area contributed by atoms with Crippen molar-refractivity contribution in [3.05, 3.63) is 53.0 Å². The van der Waals surface area contributed by atoms with Gasteiger partial charge in [0.05, 0.1) is 5.60 Å². The predicted molar refractivity (Wildman–Crippen MR) is 114 cm³/mol. The number of nitrogens with one attached hydrogen (secondary N) is 2. The minimum Gasteiger partial charge on any atom is -0.388 e. The second-order valence-corrected chi connectivity index (χ2v) is 7.86. The zero-order chi connectivity index (χ0) is 21.8. The molecule has 8 heteroatoms. The van der Waals surface area contributed by atoms with Crippen LogP contribution in [-0.2, 0) is 5.92 Å². The minimum absolute atomic E-state index is 0.0114. The van der Waals surface area contributed by atoms with Gasteiger partial charge in [0, 0.05) is 36.5 Å². The van der Waals surface area contributed by atoms with Gasteiger partial charge in [0.2, 0.25) is 0 Å². The van der Waals surface area contributed by atoms with Crippen LogP contribution in [0.25, 0.3) is 0 Å². The third-order valence-electron chi connectivity index (χ3n) is 5.43. The maximum atomic E-state index is 14.4. The Bertz CT molecular complexity index is 933. The average molecular weight is 415 g/mol. The van der Waals surface area contributed by atoms with Crippen LogP contribution in [0.5, 0.6) is 0 Å². The molecule has 2 aromatic heterocycles. The Morgan fingerprint density at radius 3 is 2.67 bits per heavy atom. The van der Waals surface area contributed by atoms with Crippen LogP contribution in [0, 0.1) is 12.3 Å². The summed E-state index contributed by atoms with van der Waals surface area (Å²) in [5.74, 6) is -2.78. The number of alkyl halides is 2. The van der Waals surface area contributed by atoms with Crippen molar-refractivity contribution in [1.29, 1.82) is 5.41 Å². The number of halogens is 2. The lowest BCUT2D eigenvalue weighted by Gasteiger charge is -2.32. The van der Waals surface area contributed by atoms with Crippen LogP contribution in [0.3, 0.4) is 0 Å². The normalized spacial score (nSPS) is 16.9. The molecular weight excluding hydrogens is 388 g/mol. The Hall–Kier alpha value is -2.74. The topological polar surface area (TPSA) is 94.2 Å². The Balaban J connectivity index is 2.02. The summed E-state index contributed by atoms with van der Waals surface area (Å²) in [6.45, 7) is 2.85. The number of nitrogens with zero attached hydrogens (tertiary/aromatic N) is 3. The molecule has 0 atom stereocenters. The maximum Gasteiger partial charge on any atom is 0.272 e. The minimum atomic E-state index is -3.15. The van der Waals surface area contributed by atoms with E-state index in [-0.39, 0.29) is 17.0 Å². The molecule has 0 amide bonds. The second kappa shape index (κ2) is 8.95. The number of aromatic nitrogens is 2. The van der Waals surface area contributed by atoms with E-state index in [0.29, 0.717) is 36.5 Å². The summed E-state index contributed by atoms with van der Waals surface area (Å²) in [6.07, 6.45) is 6.86. The maximum absolute atomic E-state index is 14.4. The van der Waals surface area contributed by atoms with Crippen molar-refractivity contribution in [2.45, 2.75) is 57.5 Å². The van der Waals surface area contributed by atoms with Gasteiger partial charge in [-0.15, -0.1) is 0 Å². The summed E-state index contributed by atoms with van der Waals surface area (Å²) >= 11 is 0. The number of aliphatic imine (C=N–C) groups is 1. The lowest BCUT2D eigenvalue weighted by atomic mass is 9.85. The van der Waals surface area contributed by atoms with E-state index in [1.54, 1.807) is 25.3 Å². The number of hydrogen-bond donors (Lipinski definition) is 3. The molecule has 30 heavy (non-hydrogen) atoms. The van der Waals surface area contributed by atoms with Crippen LogP contribution in [0.1, 0.15) is 61.5 Å². The summed E-state index contributed by atoms with van der Waals surface area (Å²) in [6, 6.07) is 6.21. The van der Waals surface area contributed by atoms with E-state index in [1.165, 1.54) is 12.1 Å². The number of aryl methyl sites for hydroxylation is 1. The zero-order valence-electron chi connectivity index (χ0n) is 17.3. The fraction of sp³-hybridized carbons (Fsp3) is 0.455. The number of pyridine rings is 2. The van der Waals surface area contributed by atoms with Crippen LogP contribution in [0.15, 0.2) is 35.5 Å². The number of rotatable bonds is 7. The quantitative estimate of drug-likeness (QED) is 0.460. The number of anilines is 1. The summed E-state index contributed by atoms with van der Waals surface area (Å²) in [5, 5.41) is 21.3. The van der Waals surface area contributed by atoms with Crippen molar-refractivity contribution in [3.63, 3.8) is 0 Å². The van der Waals surface area contributed by atoms with Crippen molar-refractivity contribution in [2.24, 2.45) is 4.99 Å². The van der Waals surface area contributed by atoms with E-state index < -0.39 is 11.5 Å². The lowest BCUT2D eigenvalue weighted by molar-refractivity contribution is 0.0156. The number of aliphatic hydroxyl groups is 1. The van der Waals surface area contributed by atoms with Crippen molar-refractivity contribution >= 4 is 17.9 Å². The highest BCUT2D eigenvalue weighted by atomic mass is 19.3. The van der Waals surface area contributed by atoms with Crippen LogP contribution in [-0.4, -0.2) is 39.3 Å². The van der Waals surface area contributed by atoms with Gasteiger partial charge in [-0.1, -0.05) is 19.3 Å². The monoisotopic (exact) mass is 415 g/mol. The molecule has 0 unspecified atom stereocenters. The third kappa shape index (κ3) is 5.05. The fourth-order valence-corrected chi connectivity index (χ4v) is 3.79. The van der Waals surface area contributed by atoms with Crippen molar-refractivity contribution in [2.75, 3.05) is 11.9 Å². The molecule has 2 heterocycles. The smallest absolute Gasteiger partial charge is 0.272 e. The third-order valence-corrected chi connectivity index (χ3v) is 5.43. The van der Waals surface area contributed by atoms with Gasteiger partial charge >= 0.3 is 0 Å². The Labute approximate surface area is 175 Å². The first kappa shape index (κ1) is 22.0. The number of hydrogen-bond acceptors (Lipinski definition) is 5. The van der Waals surface area contributed by atoms with E-state index in [1.807, 2.05) is 0 Å². The first-order valence-corrected chi connectivity index (χ1v) is 10.1. The van der Waals surface area contributed by atoms with E-state index >= 15 is 0 Å². The zero-order valence-corrected chi connectivity index (χ0v) is 17.3. The fourth-order valence-electron chi connectivity index (χ4n) is 3.79. The molecule has 0 bridgehead atoms. The average Bonchev–Trinajstić information content (AvgIpc) is 2.71. The van der Waals surface area contributed by atoms with Gasteiger partial charge in [-0.2, -0.15) is 0 Å². The molecule has 0 radical (unpaired) electrons. The Morgan fingerprint density at radius 2 is 2.03 bits per heavy atom. The van der Waals surface area contributed by atoms with Gasteiger partial charge in [0.15, 0.2) is 0 Å². The van der Waals surface area contributed by atoms with Crippen LogP contribution in [0.4, 0.5) is 14.6 Å². The second-order valence-electron chi connectivity index (χ2n) is 7.86. The van der Waals surface area contributed by atoms with Crippen molar-refractivity contribution in [1.82, 2.24) is 9.97 Å². The molecule has 0 saturated heterocycles. The van der Waals surface area contributed by atoms with Gasteiger partial charge < -0.3 is 10.4 Å². The van der Waals surface area contributed by atoms with Crippen molar-refractivity contribution < 1.29 is 13.9 Å². The molecular formula is C22H27F2N5O. The molecule has 0 spiro atoms. The summed E-state index contributed by atoms with van der Waals surface area (Å²) in [5.41, 5.74) is 0.171. The standard InChI is InChI=1S/C22H27F2N5O/c1-15-16(7-6-12-26-15)19(28-14-25)20-17(21(2,23)24)8-9-18(29-20)27-13-22(30)10-4-3-5-11-22/h6-9,12,14,25,30H,3-5,10-11,13H2,1-2H3,(H,27,29). The van der Waals surface area contributed by atoms with Gasteiger partial charge in [-0.25, -0.2) is 18.8 Å². The summed E-state index contributed by atoms with van der Waals surface area (Å²) in [7, 11) is 0. The van der Waals surface area contributed by atoms with Crippen LogP contribution >= 0.6 is 0 Å². The first-order chi connectivity index (χ1) is 14.2. The summed E-state index contributed by atoms with van der Waals surface area (Å²) in [4.78, 5) is 12.7. The SMILES string of the molecule is Cc1ncccc1C(=NC=N)c1nc(NCC2(O)CCCCC2)ccc1C(C)(F)F. The highest BCUT2D eigenvalue weighted by molar-refractivity contribution is 6.15. The molecule has 160 valence electrons. The highest BCUT2D eigenvalue weighted by Crippen LogP contribution is 2.32. The van der Waals surface area contributed by atoms with E-state index in [4.69, 9.17) is 5.41 Å². The Morgan fingerprint density at radius 1 is 1.30 bits per heavy atom. The van der Waals surface area contributed by atoms with Crippen LogP contribution in [0.2, 0.25) is 0 Å².